The second-order valence-electron chi connectivity index (χ2n) is 8.82. The number of aromatic nitrogens is 1. The lowest BCUT2D eigenvalue weighted by atomic mass is 9.95. The molecular weight excluding hydrogens is 464 g/mol. The first-order chi connectivity index (χ1) is 16.8. The van der Waals surface area contributed by atoms with Crippen molar-refractivity contribution in [3.05, 3.63) is 108 Å². The highest BCUT2D eigenvalue weighted by atomic mass is 32.2. The number of fused-ring (bicyclic) bond motifs is 1. The quantitative estimate of drug-likeness (QED) is 0.389. The lowest BCUT2D eigenvalue weighted by Gasteiger charge is -2.36. The Bertz CT molecular complexity index is 1340. The van der Waals surface area contributed by atoms with Gasteiger partial charge in [0.2, 0.25) is 5.91 Å². The van der Waals surface area contributed by atoms with Gasteiger partial charge in [-0.05, 0) is 36.3 Å². The minimum atomic E-state index is -3.90. The van der Waals surface area contributed by atoms with Crippen LogP contribution >= 0.6 is 0 Å². The van der Waals surface area contributed by atoms with Gasteiger partial charge in [-0.3, -0.25) is 9.78 Å². The molecule has 2 aromatic carbocycles. The van der Waals surface area contributed by atoms with Crippen molar-refractivity contribution in [1.29, 1.82) is 0 Å². The molecule has 3 heterocycles. The number of nitrogens with zero attached hydrogens (tertiary/aromatic N) is 2. The van der Waals surface area contributed by atoms with E-state index in [1.54, 1.807) is 30.5 Å². The number of carbonyl (C=O) groups excluding carboxylic acids is 2. The van der Waals surface area contributed by atoms with Crippen molar-refractivity contribution in [1.82, 2.24) is 9.88 Å². The Morgan fingerprint density at radius 3 is 2.17 bits per heavy atom. The molecule has 2 aliphatic heterocycles. The number of hydrogen-bond donors (Lipinski definition) is 0. The molecule has 0 spiro atoms. The lowest BCUT2D eigenvalue weighted by molar-refractivity contribution is -0.163. The first kappa shape index (κ1) is 23.0. The van der Waals surface area contributed by atoms with Crippen LogP contribution < -0.4 is 0 Å². The summed E-state index contributed by atoms with van der Waals surface area (Å²) in [5, 5.41) is -1.04. The molecule has 178 valence electrons. The molecule has 8 heteroatoms. The van der Waals surface area contributed by atoms with Crippen molar-refractivity contribution in [3.63, 3.8) is 0 Å². The molecule has 7 nitrogen and oxygen atoms in total. The first-order valence-electron chi connectivity index (χ1n) is 11.3. The Balaban J connectivity index is 1.54. The van der Waals surface area contributed by atoms with Gasteiger partial charge in [-0.1, -0.05) is 72.8 Å². The third-order valence-corrected chi connectivity index (χ3v) is 9.37. The number of hydrogen-bond acceptors (Lipinski definition) is 6. The van der Waals surface area contributed by atoms with Gasteiger partial charge in [0.1, 0.15) is 10.1 Å². The van der Waals surface area contributed by atoms with Gasteiger partial charge in [0, 0.05) is 6.20 Å². The number of ether oxygens (including phenoxy) is 1. The highest BCUT2D eigenvalue weighted by Gasteiger charge is 2.69. The normalized spacial score (nSPS) is 24.9. The summed E-state index contributed by atoms with van der Waals surface area (Å²) in [6, 6.07) is 22.4. The molecule has 0 unspecified atom stereocenters. The summed E-state index contributed by atoms with van der Waals surface area (Å²) in [5.74, 6) is -1.15. The van der Waals surface area contributed by atoms with Gasteiger partial charge < -0.3 is 9.64 Å². The fourth-order valence-electron chi connectivity index (χ4n) is 4.72. The van der Waals surface area contributed by atoms with Crippen molar-refractivity contribution in [2.24, 2.45) is 0 Å². The topological polar surface area (TPSA) is 93.6 Å². The van der Waals surface area contributed by atoms with Crippen molar-refractivity contribution in [2.45, 2.75) is 35.6 Å². The maximum absolute atomic E-state index is 13.7. The van der Waals surface area contributed by atoms with Gasteiger partial charge in [-0.2, -0.15) is 0 Å². The summed E-state index contributed by atoms with van der Waals surface area (Å²) in [5.41, 5.74) is 2.03. The van der Waals surface area contributed by atoms with E-state index in [2.05, 4.69) is 4.98 Å². The first-order valence-corrected chi connectivity index (χ1v) is 12.8. The smallest absolute Gasteiger partial charge is 0.331 e. The Hall–Kier alpha value is -3.78. The van der Waals surface area contributed by atoms with Crippen molar-refractivity contribution in [2.75, 3.05) is 0 Å². The Kier molecular flexibility index (Phi) is 5.76. The van der Waals surface area contributed by atoms with E-state index in [0.29, 0.717) is 5.69 Å². The van der Waals surface area contributed by atoms with E-state index >= 15 is 0 Å². The SMILES string of the molecule is C[C@]1(/C=C/c2ccccn2)[C@H](C(=O)OC(c2ccccc2)c2ccccc2)N2C(=O)C[C@H]2S1(=O)=O. The number of carbonyl (C=O) groups is 2. The Morgan fingerprint density at radius 1 is 1.03 bits per heavy atom. The highest BCUT2D eigenvalue weighted by molar-refractivity contribution is 7.94. The van der Waals surface area contributed by atoms with E-state index in [-0.39, 0.29) is 12.3 Å². The molecule has 2 fully saturated rings. The largest absolute Gasteiger partial charge is 0.451 e. The molecule has 0 bridgehead atoms. The van der Waals surface area contributed by atoms with Gasteiger partial charge in [0.05, 0.1) is 12.1 Å². The maximum Gasteiger partial charge on any atom is 0.331 e. The van der Waals surface area contributed by atoms with E-state index in [9.17, 15) is 18.0 Å². The minimum Gasteiger partial charge on any atom is -0.451 e. The average molecular weight is 489 g/mol. The zero-order valence-electron chi connectivity index (χ0n) is 19.0. The summed E-state index contributed by atoms with van der Waals surface area (Å²) in [4.78, 5) is 31.6. The van der Waals surface area contributed by atoms with Crippen LogP contribution in [0.1, 0.15) is 36.3 Å². The molecular formula is C27H24N2O5S. The predicted octanol–water partition coefficient (Wildman–Crippen LogP) is 3.54. The van der Waals surface area contributed by atoms with Gasteiger partial charge in [0.25, 0.3) is 0 Å². The summed E-state index contributed by atoms with van der Waals surface area (Å²) in [7, 11) is -3.90. The maximum atomic E-state index is 13.7. The van der Waals surface area contributed by atoms with Gasteiger partial charge >= 0.3 is 5.97 Å². The average Bonchev–Trinajstić information content (AvgIpc) is 3.02. The molecule has 1 amide bonds. The molecule has 2 aliphatic rings. The van der Waals surface area contributed by atoms with Crippen molar-refractivity contribution in [3.8, 4) is 0 Å². The molecule has 0 N–H and O–H groups in total. The Morgan fingerprint density at radius 2 is 1.63 bits per heavy atom. The second-order valence-corrected chi connectivity index (χ2v) is 11.3. The van der Waals surface area contributed by atoms with Crippen LogP contribution in [0.2, 0.25) is 0 Å². The third kappa shape index (κ3) is 3.83. The van der Waals surface area contributed by atoms with Gasteiger partial charge in [-0.15, -0.1) is 0 Å². The fourth-order valence-corrected chi connectivity index (χ4v) is 6.98. The molecule has 3 atom stereocenters. The predicted molar refractivity (Wildman–Crippen MR) is 130 cm³/mol. The van der Waals surface area contributed by atoms with E-state index in [0.717, 1.165) is 16.0 Å². The van der Waals surface area contributed by atoms with Crippen LogP contribution in [0, 0.1) is 0 Å². The molecule has 1 aromatic heterocycles. The molecule has 3 aromatic rings. The zero-order chi connectivity index (χ0) is 24.6. The van der Waals surface area contributed by atoms with Crippen LogP contribution in [0.5, 0.6) is 0 Å². The number of esters is 1. The van der Waals surface area contributed by atoms with E-state index in [1.807, 2.05) is 60.7 Å². The monoisotopic (exact) mass is 488 g/mol. The van der Waals surface area contributed by atoms with Crippen LogP contribution in [-0.4, -0.2) is 46.3 Å². The molecule has 2 saturated heterocycles. The summed E-state index contributed by atoms with van der Waals surface area (Å²) >= 11 is 0. The Labute approximate surface area is 204 Å². The summed E-state index contributed by atoms with van der Waals surface area (Å²) in [6.45, 7) is 1.47. The highest BCUT2D eigenvalue weighted by Crippen LogP contribution is 2.48. The number of rotatable bonds is 6. The van der Waals surface area contributed by atoms with Crippen LogP contribution in [0.25, 0.3) is 6.08 Å². The van der Waals surface area contributed by atoms with Crippen LogP contribution in [0.15, 0.2) is 91.1 Å². The number of sulfone groups is 1. The number of amides is 1. The fraction of sp³-hybridized carbons (Fsp3) is 0.222. The molecule has 0 saturated carbocycles. The van der Waals surface area contributed by atoms with Crippen LogP contribution in [0.3, 0.4) is 0 Å². The van der Waals surface area contributed by atoms with Crippen molar-refractivity contribution < 1.29 is 22.7 Å². The van der Waals surface area contributed by atoms with Gasteiger partial charge in [0.15, 0.2) is 22.0 Å². The zero-order valence-corrected chi connectivity index (χ0v) is 19.8. The molecule has 5 rings (SSSR count). The number of pyridine rings is 1. The summed E-state index contributed by atoms with van der Waals surface area (Å²) in [6.07, 6.45) is 3.73. The van der Waals surface area contributed by atoms with Crippen molar-refractivity contribution >= 4 is 27.8 Å². The van der Waals surface area contributed by atoms with Crippen LogP contribution in [0.4, 0.5) is 0 Å². The standard InChI is InChI=1S/C27H24N2O5S/c1-27(16-15-21-14-8-9-17-28-21)25(29-22(30)18-23(29)35(27,32)33)26(31)34-24(19-10-4-2-5-11-19)20-12-6-3-7-13-20/h2-17,23-25H,18H2,1H3/b16-15+/t23-,25+,27+/m1/s1. The number of benzene rings is 2. The molecule has 0 aliphatic carbocycles. The van der Waals surface area contributed by atoms with E-state index in [1.165, 1.54) is 13.0 Å². The second kappa shape index (κ2) is 8.78. The summed E-state index contributed by atoms with van der Waals surface area (Å²) < 4.78 is 31.4. The van der Waals surface area contributed by atoms with Crippen LogP contribution in [-0.2, 0) is 24.2 Å². The third-order valence-electron chi connectivity index (χ3n) is 6.67. The van der Waals surface area contributed by atoms with Gasteiger partial charge in [-0.25, -0.2) is 13.2 Å². The number of β-lactam (4-membered cyclic amide) rings is 1. The molecule has 35 heavy (non-hydrogen) atoms. The lowest BCUT2D eigenvalue weighted by Crippen LogP contribution is -2.57. The van der Waals surface area contributed by atoms with E-state index < -0.39 is 38.1 Å². The minimum absolute atomic E-state index is 0.139. The van der Waals surface area contributed by atoms with E-state index in [4.69, 9.17) is 4.74 Å². The molecule has 0 radical (unpaired) electrons.